The van der Waals surface area contributed by atoms with E-state index in [0.717, 1.165) is 48.5 Å². The second-order valence-corrected chi connectivity index (χ2v) is 9.53. The van der Waals surface area contributed by atoms with Crippen LogP contribution in [-0.2, 0) is 11.2 Å². The van der Waals surface area contributed by atoms with Crippen LogP contribution < -0.4 is 4.90 Å². The summed E-state index contributed by atoms with van der Waals surface area (Å²) in [6.45, 7) is 4.89. The largest absolute Gasteiger partial charge is 0.312 e. The number of fused-ring (bicyclic) bond motifs is 1. The maximum Gasteiger partial charge on any atom is 0.226 e. The summed E-state index contributed by atoms with van der Waals surface area (Å²) in [7, 11) is 0. The molecule has 1 heterocycles. The van der Waals surface area contributed by atoms with Crippen LogP contribution in [0.1, 0.15) is 81.1 Å². The van der Waals surface area contributed by atoms with E-state index in [9.17, 15) is 9.59 Å². The summed E-state index contributed by atoms with van der Waals surface area (Å²) in [5, 5.41) is 0. The van der Waals surface area contributed by atoms with E-state index in [1.54, 1.807) is 0 Å². The maximum atomic E-state index is 12.9. The molecule has 1 amide bonds. The Hall–Kier alpha value is -1.16. The fraction of sp³-hybridized carbons (Fsp3) is 0.652. The lowest BCUT2D eigenvalue weighted by molar-refractivity contribution is -0.119. The topological polar surface area (TPSA) is 37.4 Å². The minimum Gasteiger partial charge on any atom is -0.312 e. The van der Waals surface area contributed by atoms with E-state index in [2.05, 4.69) is 15.9 Å². The molecule has 3 rings (SSSR count). The van der Waals surface area contributed by atoms with E-state index in [1.165, 1.54) is 32.1 Å². The van der Waals surface area contributed by atoms with Crippen LogP contribution in [0, 0.1) is 11.8 Å². The van der Waals surface area contributed by atoms with Gasteiger partial charge in [0.25, 0.3) is 0 Å². The SMILES string of the molecule is CC(C)C(Br)C(=O)c1ccc2c(c1)CCCN2C(=O)CCC1CCCCC1. The van der Waals surface area contributed by atoms with Crippen molar-refractivity contribution in [2.75, 3.05) is 11.4 Å². The summed E-state index contributed by atoms with van der Waals surface area (Å²) in [6.07, 6.45) is 10.2. The minimum atomic E-state index is -0.160. The zero-order chi connectivity index (χ0) is 19.4. The Morgan fingerprint density at radius 2 is 1.89 bits per heavy atom. The number of halogens is 1. The number of carbonyl (C=O) groups is 2. The molecule has 1 aliphatic heterocycles. The first-order valence-electron chi connectivity index (χ1n) is 10.6. The molecule has 3 nitrogen and oxygen atoms in total. The van der Waals surface area contributed by atoms with Gasteiger partial charge in [-0.3, -0.25) is 9.59 Å². The lowest BCUT2D eigenvalue weighted by Crippen LogP contribution is -2.35. The molecular formula is C23H32BrNO2. The molecule has 1 aromatic carbocycles. The lowest BCUT2D eigenvalue weighted by Gasteiger charge is -2.31. The van der Waals surface area contributed by atoms with Crippen LogP contribution in [0.4, 0.5) is 5.69 Å². The van der Waals surface area contributed by atoms with Gasteiger partial charge in [-0.05, 0) is 54.9 Å². The molecule has 0 N–H and O–H groups in total. The molecule has 1 atom stereocenters. The van der Waals surface area contributed by atoms with Gasteiger partial charge < -0.3 is 4.90 Å². The average molecular weight is 434 g/mol. The zero-order valence-corrected chi connectivity index (χ0v) is 18.3. The van der Waals surface area contributed by atoms with Crippen molar-refractivity contribution in [3.8, 4) is 0 Å². The van der Waals surface area contributed by atoms with Crippen molar-refractivity contribution in [1.29, 1.82) is 0 Å². The number of Topliss-reactive ketones (excluding diaryl/α,β-unsaturated/α-hetero) is 1. The monoisotopic (exact) mass is 433 g/mol. The number of hydrogen-bond donors (Lipinski definition) is 0. The number of rotatable bonds is 6. The van der Waals surface area contributed by atoms with E-state index in [4.69, 9.17) is 0 Å². The normalized spacial score (nSPS) is 19.0. The first-order valence-corrected chi connectivity index (χ1v) is 11.5. The lowest BCUT2D eigenvalue weighted by atomic mass is 9.86. The summed E-state index contributed by atoms with van der Waals surface area (Å²) < 4.78 is 0. The summed E-state index contributed by atoms with van der Waals surface area (Å²) in [4.78, 5) is 27.3. The van der Waals surface area contributed by atoms with Crippen LogP contribution in [-0.4, -0.2) is 23.1 Å². The highest BCUT2D eigenvalue weighted by atomic mass is 79.9. The van der Waals surface area contributed by atoms with Crippen molar-refractivity contribution >= 4 is 33.3 Å². The molecule has 148 valence electrons. The van der Waals surface area contributed by atoms with Crippen molar-refractivity contribution in [2.45, 2.75) is 76.5 Å². The van der Waals surface area contributed by atoms with Gasteiger partial charge in [0.2, 0.25) is 5.91 Å². The third kappa shape index (κ3) is 5.01. The van der Waals surface area contributed by atoms with Crippen molar-refractivity contribution in [2.24, 2.45) is 11.8 Å². The predicted octanol–water partition coefficient (Wildman–Crippen LogP) is 5.93. The van der Waals surface area contributed by atoms with Crippen LogP contribution in [0.15, 0.2) is 18.2 Å². The van der Waals surface area contributed by atoms with Gasteiger partial charge in [0, 0.05) is 24.2 Å². The molecule has 27 heavy (non-hydrogen) atoms. The van der Waals surface area contributed by atoms with E-state index < -0.39 is 0 Å². The van der Waals surface area contributed by atoms with Gasteiger partial charge in [0.15, 0.2) is 5.78 Å². The quantitative estimate of drug-likeness (QED) is 0.411. The molecule has 1 saturated carbocycles. The second-order valence-electron chi connectivity index (χ2n) is 8.55. The van der Waals surface area contributed by atoms with E-state index in [-0.39, 0.29) is 22.4 Å². The molecule has 1 unspecified atom stereocenters. The number of nitrogens with zero attached hydrogens (tertiary/aromatic N) is 1. The van der Waals surface area contributed by atoms with E-state index in [1.807, 2.05) is 36.9 Å². The predicted molar refractivity (Wildman–Crippen MR) is 115 cm³/mol. The van der Waals surface area contributed by atoms with Crippen molar-refractivity contribution in [3.05, 3.63) is 29.3 Å². The Bertz CT molecular complexity index is 679. The van der Waals surface area contributed by atoms with E-state index in [0.29, 0.717) is 6.42 Å². The highest BCUT2D eigenvalue weighted by Gasteiger charge is 2.26. The smallest absolute Gasteiger partial charge is 0.226 e. The van der Waals surface area contributed by atoms with Gasteiger partial charge in [0.05, 0.1) is 4.83 Å². The number of aryl methyl sites for hydroxylation is 1. The summed E-state index contributed by atoms with van der Waals surface area (Å²) in [6, 6.07) is 5.89. The van der Waals surface area contributed by atoms with Crippen LogP contribution in [0.2, 0.25) is 0 Å². The van der Waals surface area contributed by atoms with Crippen LogP contribution in [0.25, 0.3) is 0 Å². The molecule has 4 heteroatoms. The Balaban J connectivity index is 1.68. The van der Waals surface area contributed by atoms with Gasteiger partial charge in [-0.2, -0.15) is 0 Å². The summed E-state index contributed by atoms with van der Waals surface area (Å²) >= 11 is 3.52. The number of benzene rings is 1. The molecular weight excluding hydrogens is 402 g/mol. The second kappa shape index (κ2) is 9.36. The summed E-state index contributed by atoms with van der Waals surface area (Å²) in [5.41, 5.74) is 2.91. The first kappa shape index (κ1) is 20.6. The molecule has 1 aliphatic carbocycles. The number of anilines is 1. The Labute approximate surface area is 172 Å². The fourth-order valence-corrected chi connectivity index (χ4v) is 4.67. The van der Waals surface area contributed by atoms with Gasteiger partial charge >= 0.3 is 0 Å². The molecule has 1 fully saturated rings. The summed E-state index contributed by atoms with van der Waals surface area (Å²) in [5.74, 6) is 1.37. The zero-order valence-electron chi connectivity index (χ0n) is 16.7. The van der Waals surface area contributed by atoms with Crippen molar-refractivity contribution in [1.82, 2.24) is 0 Å². The number of carbonyl (C=O) groups excluding carboxylic acids is 2. The van der Waals surface area contributed by atoms with Gasteiger partial charge in [-0.25, -0.2) is 0 Å². The number of alkyl halides is 1. The third-order valence-corrected chi connectivity index (χ3v) is 7.58. The standard InChI is InChI=1S/C23H32BrNO2/c1-16(2)22(24)23(27)19-11-12-20-18(15-19)9-6-14-25(20)21(26)13-10-17-7-4-3-5-8-17/h11-12,15-17,22H,3-10,13-14H2,1-2H3. The highest BCUT2D eigenvalue weighted by Crippen LogP contribution is 2.32. The molecule has 0 radical (unpaired) electrons. The average Bonchev–Trinajstić information content (AvgIpc) is 2.70. The van der Waals surface area contributed by atoms with Crippen LogP contribution >= 0.6 is 15.9 Å². The Morgan fingerprint density at radius 3 is 2.59 bits per heavy atom. The van der Waals surface area contributed by atoms with Gasteiger partial charge in [0.1, 0.15) is 0 Å². The van der Waals surface area contributed by atoms with Crippen LogP contribution in [0.5, 0.6) is 0 Å². The maximum absolute atomic E-state index is 12.9. The van der Waals surface area contributed by atoms with Gasteiger partial charge in [-0.15, -0.1) is 0 Å². The fourth-order valence-electron chi connectivity index (χ4n) is 4.41. The third-order valence-electron chi connectivity index (χ3n) is 6.11. The minimum absolute atomic E-state index is 0.133. The van der Waals surface area contributed by atoms with Crippen molar-refractivity contribution in [3.63, 3.8) is 0 Å². The molecule has 0 saturated heterocycles. The number of ketones is 1. The highest BCUT2D eigenvalue weighted by molar-refractivity contribution is 9.10. The molecule has 0 bridgehead atoms. The molecule has 2 aliphatic rings. The molecule has 0 spiro atoms. The Morgan fingerprint density at radius 1 is 1.15 bits per heavy atom. The van der Waals surface area contributed by atoms with E-state index >= 15 is 0 Å². The van der Waals surface area contributed by atoms with Crippen molar-refractivity contribution < 1.29 is 9.59 Å². The molecule has 1 aromatic rings. The van der Waals surface area contributed by atoms with Crippen LogP contribution in [0.3, 0.4) is 0 Å². The first-order chi connectivity index (χ1) is 13.0. The molecule has 0 aromatic heterocycles. The Kier molecular flexibility index (Phi) is 7.13. The number of hydrogen-bond acceptors (Lipinski definition) is 2. The number of amides is 1. The van der Waals surface area contributed by atoms with Gasteiger partial charge in [-0.1, -0.05) is 61.9 Å².